The van der Waals surface area contributed by atoms with Gasteiger partial charge in [-0.2, -0.15) is 5.06 Å². The van der Waals surface area contributed by atoms with Gasteiger partial charge in [0.05, 0.1) is 39.6 Å². The van der Waals surface area contributed by atoms with E-state index in [-0.39, 0.29) is 18.7 Å². The number of hydrogen-bond acceptors (Lipinski definition) is 12. The summed E-state index contributed by atoms with van der Waals surface area (Å²) in [5.74, 6) is -0.320. The SMILES string of the molecule is CN(OC(=O)OC(CCCCCN)CSc1cccc(C(=O)NCCOCCOCCOCCN)c1)C(=O)CCC=O. The smallest absolute Gasteiger partial charge is 0.429 e. The van der Waals surface area contributed by atoms with Crippen molar-refractivity contribution in [3.05, 3.63) is 29.8 Å². The van der Waals surface area contributed by atoms with E-state index in [1.54, 1.807) is 18.2 Å². The number of hydroxylamine groups is 2. The highest BCUT2D eigenvalue weighted by atomic mass is 32.2. The Morgan fingerprint density at radius 1 is 0.976 bits per heavy atom. The molecule has 1 aromatic carbocycles. The van der Waals surface area contributed by atoms with Crippen LogP contribution in [0.25, 0.3) is 0 Å². The Morgan fingerprint density at radius 2 is 1.69 bits per heavy atom. The number of carbonyl (C=O) groups excluding carboxylic acids is 4. The van der Waals surface area contributed by atoms with E-state index in [4.69, 9.17) is 35.3 Å². The molecule has 0 radical (unpaired) electrons. The number of nitrogens with two attached hydrogens (primary N) is 2. The molecule has 0 aliphatic rings. The van der Waals surface area contributed by atoms with E-state index >= 15 is 0 Å². The summed E-state index contributed by atoms with van der Waals surface area (Å²) in [6, 6.07) is 7.14. The summed E-state index contributed by atoms with van der Waals surface area (Å²) in [4.78, 5) is 53.1. The van der Waals surface area contributed by atoms with Crippen LogP contribution in [-0.2, 0) is 33.4 Å². The zero-order valence-corrected chi connectivity index (χ0v) is 25.3. The van der Waals surface area contributed by atoms with Crippen molar-refractivity contribution in [2.75, 3.05) is 72.1 Å². The summed E-state index contributed by atoms with van der Waals surface area (Å²) in [5, 5.41) is 3.60. The molecule has 0 bridgehead atoms. The van der Waals surface area contributed by atoms with Crippen LogP contribution in [0.1, 0.15) is 48.9 Å². The number of unbranched alkanes of at least 4 members (excludes halogenated alkanes) is 2. The van der Waals surface area contributed by atoms with E-state index in [2.05, 4.69) is 5.32 Å². The number of aldehydes is 1. The molecule has 1 unspecified atom stereocenters. The van der Waals surface area contributed by atoms with Crippen LogP contribution in [0.15, 0.2) is 29.2 Å². The second kappa shape index (κ2) is 24.8. The molecule has 1 rings (SSSR count). The number of benzene rings is 1. The van der Waals surface area contributed by atoms with Crippen molar-refractivity contribution < 1.29 is 43.0 Å². The summed E-state index contributed by atoms with van der Waals surface area (Å²) >= 11 is 1.44. The molecular formula is C28H46N4O9S. The van der Waals surface area contributed by atoms with Crippen molar-refractivity contribution in [2.45, 2.75) is 49.5 Å². The second-order valence-corrected chi connectivity index (χ2v) is 10.1. The number of nitrogens with one attached hydrogen (secondary N) is 1. The molecule has 0 aliphatic heterocycles. The summed E-state index contributed by atoms with van der Waals surface area (Å²) < 4.78 is 21.5. The molecule has 0 saturated heterocycles. The lowest BCUT2D eigenvalue weighted by atomic mass is 10.1. The van der Waals surface area contributed by atoms with E-state index in [0.29, 0.717) is 83.3 Å². The van der Waals surface area contributed by atoms with Crippen LogP contribution < -0.4 is 16.8 Å². The highest BCUT2D eigenvalue weighted by Gasteiger charge is 2.20. The Morgan fingerprint density at radius 3 is 2.38 bits per heavy atom. The molecule has 14 heteroatoms. The van der Waals surface area contributed by atoms with Crippen LogP contribution in [0.5, 0.6) is 0 Å². The van der Waals surface area contributed by atoms with Gasteiger partial charge in [-0.25, -0.2) is 4.79 Å². The zero-order valence-electron chi connectivity index (χ0n) is 24.5. The summed E-state index contributed by atoms with van der Waals surface area (Å²) in [6.07, 6.45) is 2.22. The van der Waals surface area contributed by atoms with Gasteiger partial charge in [-0.15, -0.1) is 11.8 Å². The maximum Gasteiger partial charge on any atom is 0.533 e. The minimum absolute atomic E-state index is 0.0370. The van der Waals surface area contributed by atoms with Gasteiger partial charge in [0.25, 0.3) is 11.8 Å². The average molecular weight is 615 g/mol. The molecule has 1 atom stereocenters. The van der Waals surface area contributed by atoms with Crippen molar-refractivity contribution in [3.8, 4) is 0 Å². The van der Waals surface area contributed by atoms with Gasteiger partial charge >= 0.3 is 6.16 Å². The molecule has 42 heavy (non-hydrogen) atoms. The van der Waals surface area contributed by atoms with E-state index < -0.39 is 18.2 Å². The minimum atomic E-state index is -1.00. The van der Waals surface area contributed by atoms with Gasteiger partial charge < -0.3 is 45.4 Å². The van der Waals surface area contributed by atoms with Gasteiger partial charge in [-0.1, -0.05) is 12.5 Å². The molecular weight excluding hydrogens is 568 g/mol. The number of nitrogens with zero attached hydrogens (tertiary/aromatic N) is 1. The normalized spacial score (nSPS) is 11.5. The van der Waals surface area contributed by atoms with Gasteiger partial charge in [-0.3, -0.25) is 9.59 Å². The van der Waals surface area contributed by atoms with Crippen LogP contribution in [-0.4, -0.2) is 107 Å². The minimum Gasteiger partial charge on any atom is -0.429 e. The molecule has 0 fully saturated rings. The first-order valence-corrected chi connectivity index (χ1v) is 15.1. The zero-order chi connectivity index (χ0) is 30.8. The lowest BCUT2D eigenvalue weighted by Gasteiger charge is -2.20. The molecule has 2 amide bonds. The summed E-state index contributed by atoms with van der Waals surface area (Å²) in [6.45, 7) is 4.08. The molecule has 1 aromatic rings. The van der Waals surface area contributed by atoms with Crippen molar-refractivity contribution in [1.29, 1.82) is 0 Å². The number of hydrogen-bond donors (Lipinski definition) is 3. The van der Waals surface area contributed by atoms with Crippen LogP contribution in [0, 0.1) is 0 Å². The molecule has 5 N–H and O–H groups in total. The Kier molecular flexibility index (Phi) is 22.0. The first-order chi connectivity index (χ1) is 20.4. The van der Waals surface area contributed by atoms with Crippen molar-refractivity contribution in [2.24, 2.45) is 11.5 Å². The number of ether oxygens (including phenoxy) is 4. The average Bonchev–Trinajstić information content (AvgIpc) is 2.99. The third-order valence-corrected chi connectivity index (χ3v) is 6.73. The molecule has 0 saturated carbocycles. The summed E-state index contributed by atoms with van der Waals surface area (Å²) in [7, 11) is 1.29. The van der Waals surface area contributed by atoms with Crippen LogP contribution in [0.2, 0.25) is 0 Å². The van der Waals surface area contributed by atoms with Crippen LogP contribution in [0.4, 0.5) is 4.79 Å². The Balaban J connectivity index is 2.48. The quantitative estimate of drug-likeness (QED) is 0.0507. The van der Waals surface area contributed by atoms with Crippen molar-refractivity contribution in [1.82, 2.24) is 10.4 Å². The fourth-order valence-corrected chi connectivity index (χ4v) is 4.41. The monoisotopic (exact) mass is 614 g/mol. The number of amides is 2. The lowest BCUT2D eigenvalue weighted by molar-refractivity contribution is -0.168. The third-order valence-electron chi connectivity index (χ3n) is 5.60. The van der Waals surface area contributed by atoms with E-state index in [1.165, 1.54) is 18.8 Å². The van der Waals surface area contributed by atoms with Crippen LogP contribution in [0.3, 0.4) is 0 Å². The number of rotatable bonds is 24. The summed E-state index contributed by atoms with van der Waals surface area (Å²) in [5.41, 5.74) is 11.4. The highest BCUT2D eigenvalue weighted by molar-refractivity contribution is 7.99. The topological polar surface area (TPSA) is 182 Å². The van der Waals surface area contributed by atoms with Gasteiger partial charge in [-0.05, 0) is 44.0 Å². The molecule has 0 aromatic heterocycles. The van der Waals surface area contributed by atoms with E-state index in [1.807, 2.05) is 6.07 Å². The number of thioether (sulfide) groups is 1. The van der Waals surface area contributed by atoms with Crippen molar-refractivity contribution in [3.63, 3.8) is 0 Å². The fraction of sp³-hybridized carbons (Fsp3) is 0.643. The standard InChI is InChI=1S/C28H46N4O9S/c1-32(26(34)10-6-14-33)41-28(36)40-24(8-3-2-4-11-29)22-42-25-9-5-7-23(21-25)27(35)31-13-16-38-18-20-39-19-17-37-15-12-30/h5,7,9,14,21,24H,2-4,6,8,10-13,15-20,22,29-30H2,1H3,(H,31,35). The number of carbonyl (C=O) groups is 4. The molecule has 0 spiro atoms. The van der Waals surface area contributed by atoms with Gasteiger partial charge in [0, 0.05) is 49.2 Å². The maximum atomic E-state index is 12.6. The van der Waals surface area contributed by atoms with E-state index in [9.17, 15) is 19.2 Å². The highest BCUT2D eigenvalue weighted by Crippen LogP contribution is 2.23. The first kappa shape index (κ1) is 37.3. The van der Waals surface area contributed by atoms with Gasteiger partial charge in [0.1, 0.15) is 12.4 Å². The first-order valence-electron chi connectivity index (χ1n) is 14.1. The Labute approximate surface area is 252 Å². The second-order valence-electron chi connectivity index (χ2n) is 9.04. The van der Waals surface area contributed by atoms with Crippen LogP contribution >= 0.6 is 11.8 Å². The van der Waals surface area contributed by atoms with E-state index in [0.717, 1.165) is 29.2 Å². The Bertz CT molecular complexity index is 910. The Hall–Kier alpha value is -2.75. The predicted octanol–water partition coefficient (Wildman–Crippen LogP) is 1.91. The third kappa shape index (κ3) is 18.6. The molecule has 0 aliphatic carbocycles. The molecule has 238 valence electrons. The van der Waals surface area contributed by atoms with Gasteiger partial charge in [0.2, 0.25) is 0 Å². The predicted molar refractivity (Wildman–Crippen MR) is 158 cm³/mol. The van der Waals surface area contributed by atoms with Crippen molar-refractivity contribution >= 4 is 36.0 Å². The van der Waals surface area contributed by atoms with Gasteiger partial charge in [0.15, 0.2) is 0 Å². The fourth-order valence-electron chi connectivity index (χ4n) is 3.41. The molecule has 13 nitrogen and oxygen atoms in total. The molecule has 0 heterocycles. The lowest BCUT2D eigenvalue weighted by Crippen LogP contribution is -2.32. The maximum absolute atomic E-state index is 12.6. The largest absolute Gasteiger partial charge is 0.533 e.